The van der Waals surface area contributed by atoms with Crippen molar-refractivity contribution in [1.82, 2.24) is 0 Å². The van der Waals surface area contributed by atoms with E-state index < -0.39 is 8.07 Å². The van der Waals surface area contributed by atoms with Gasteiger partial charge >= 0.3 is 36.6 Å². The van der Waals surface area contributed by atoms with Crippen LogP contribution in [0.5, 0.6) is 0 Å². The number of rotatable bonds is 9. The number of hydrogen-bond acceptors (Lipinski definition) is 2. The molecule has 246 valence electrons. The maximum absolute atomic E-state index is 11.5. The van der Waals surface area contributed by atoms with Crippen LogP contribution >= 0.6 is 21.4 Å². The van der Waals surface area contributed by atoms with Crippen LogP contribution in [0.4, 0.5) is 0 Å². The van der Waals surface area contributed by atoms with Crippen LogP contribution in [-0.2, 0) is 21.9 Å². The molecule has 3 aliphatic rings. The molecule has 0 N–H and O–H groups in total. The number of benzene rings is 3. The summed E-state index contributed by atoms with van der Waals surface area (Å²) < 4.78 is 5.19. The molecule has 3 fully saturated rings. The van der Waals surface area contributed by atoms with Crippen LogP contribution in [0.2, 0.25) is 25.7 Å². The summed E-state index contributed by atoms with van der Waals surface area (Å²) in [5, 5.41) is 0. The molecule has 0 unspecified atom stereocenters. The van der Waals surface area contributed by atoms with E-state index in [1.54, 1.807) is 61.1 Å². The van der Waals surface area contributed by atoms with Crippen molar-refractivity contribution in [2.75, 3.05) is 6.61 Å². The third-order valence-corrected chi connectivity index (χ3v) is 16.2. The van der Waals surface area contributed by atoms with Crippen molar-refractivity contribution in [2.24, 2.45) is 0 Å². The van der Waals surface area contributed by atoms with Gasteiger partial charge in [0.15, 0.2) is 0 Å². The van der Waals surface area contributed by atoms with Gasteiger partial charge in [-0.25, -0.2) is 4.79 Å². The molecular weight excluding hydrogens is 746 g/mol. The average Bonchev–Trinajstić information content (AvgIpc) is 3.82. The van der Waals surface area contributed by atoms with Crippen LogP contribution in [-0.4, -0.2) is 37.6 Å². The van der Waals surface area contributed by atoms with Crippen LogP contribution in [0.25, 0.3) is 0 Å². The van der Waals surface area contributed by atoms with Gasteiger partial charge in [-0.1, -0.05) is 93.1 Å². The van der Waals surface area contributed by atoms with E-state index in [1.165, 1.54) is 38.5 Å². The molecule has 0 saturated heterocycles. The molecule has 2 nitrogen and oxygen atoms in total. The largest absolute Gasteiger partial charge is 0.0832 e. The van der Waals surface area contributed by atoms with Gasteiger partial charge in [0.1, 0.15) is 0 Å². The van der Waals surface area contributed by atoms with Crippen LogP contribution in [0, 0.1) is 6.07 Å². The first-order valence-corrected chi connectivity index (χ1v) is 26.1. The van der Waals surface area contributed by atoms with Crippen LogP contribution in [0.3, 0.4) is 0 Å². The summed E-state index contributed by atoms with van der Waals surface area (Å²) in [5.41, 5.74) is 7.00. The molecule has 0 radical (unpaired) electrons. The molecule has 3 aromatic rings. The maximum Gasteiger partial charge on any atom is 0.0832 e. The molecule has 3 aliphatic carbocycles. The third-order valence-electron chi connectivity index (χ3n) is 9.97. The van der Waals surface area contributed by atoms with Crippen molar-refractivity contribution >= 4 is 35.4 Å². The second kappa shape index (κ2) is 19.1. The van der Waals surface area contributed by atoms with Gasteiger partial charge in [0.05, 0.1) is 23.6 Å². The Balaban J connectivity index is 0.000000231. The second-order valence-electron chi connectivity index (χ2n) is 14.3. The molecule has 0 heterocycles. The SMILES string of the molecule is C[Si](C)(C)CCOC(=O)c1cc[c-]cc1.[Br][Pd+].c1ccc([C@H]2C([PH+](C3CCCCC3)C3CCCCC3)[C@@H]2c2ccccc2)cc1. The van der Waals surface area contributed by atoms with Gasteiger partial charge < -0.3 is 4.74 Å². The maximum atomic E-state index is 11.5. The molecule has 3 saturated carbocycles. The van der Waals surface area contributed by atoms with Crippen molar-refractivity contribution in [3.8, 4) is 0 Å². The van der Waals surface area contributed by atoms with Gasteiger partial charge in [-0.2, -0.15) is 30.3 Å². The minimum atomic E-state index is -1.11. The van der Waals surface area contributed by atoms with E-state index in [9.17, 15) is 4.79 Å². The van der Waals surface area contributed by atoms with Crippen LogP contribution in [0.15, 0.2) is 84.9 Å². The number of hydrogen-bond donors (Lipinski definition) is 0. The molecule has 0 spiro atoms. The molecule has 0 amide bonds. The number of carbonyl (C=O) groups is 1. The van der Waals surface area contributed by atoms with Gasteiger partial charge in [0, 0.05) is 27.8 Å². The van der Waals surface area contributed by atoms with E-state index >= 15 is 0 Å². The Kier molecular flexibility index (Phi) is 15.6. The number of halogens is 1. The summed E-state index contributed by atoms with van der Waals surface area (Å²) in [6.07, 6.45) is 15.2. The van der Waals surface area contributed by atoms with Crippen molar-refractivity contribution < 1.29 is 26.7 Å². The Hall–Kier alpha value is -1.08. The van der Waals surface area contributed by atoms with Gasteiger partial charge in [-0.05, 0) is 74.1 Å². The summed E-state index contributed by atoms with van der Waals surface area (Å²) in [6, 6.07) is 33.9. The zero-order valence-corrected chi connectivity index (χ0v) is 32.6. The number of ether oxygens (including phenoxy) is 1. The molecule has 0 aromatic heterocycles. The first-order valence-electron chi connectivity index (χ1n) is 17.1. The second-order valence-corrected chi connectivity index (χ2v) is 23.2. The van der Waals surface area contributed by atoms with Gasteiger partial charge in [0.25, 0.3) is 0 Å². The Morgan fingerprint density at radius 3 is 1.62 bits per heavy atom. The Labute approximate surface area is 293 Å². The molecule has 45 heavy (non-hydrogen) atoms. The molecule has 6 rings (SSSR count). The zero-order valence-electron chi connectivity index (χ0n) is 27.5. The minimum absolute atomic E-state index is 0.234. The zero-order chi connectivity index (χ0) is 32.1. The topological polar surface area (TPSA) is 26.3 Å². The van der Waals surface area contributed by atoms with Crippen molar-refractivity contribution in [3.05, 3.63) is 108 Å². The van der Waals surface area contributed by atoms with Crippen molar-refractivity contribution in [2.45, 2.75) is 119 Å². The van der Waals surface area contributed by atoms with Crippen molar-refractivity contribution in [3.63, 3.8) is 0 Å². The fourth-order valence-corrected chi connectivity index (χ4v) is 13.8. The van der Waals surface area contributed by atoms with Crippen molar-refractivity contribution in [1.29, 1.82) is 0 Å². The predicted octanol–water partition coefficient (Wildman–Crippen LogP) is 11.6. The van der Waals surface area contributed by atoms with E-state index in [1.807, 2.05) is 0 Å². The standard InChI is InChI=1S/C27H35P.C12H17O2Si.BrH.Pd/c1-5-13-21(14-6-1)25-26(22-15-7-2-8-16-22)27(25)28(23-17-9-3-10-18-23)24-19-11-4-12-20-24;1-15(2,3)10-9-14-12(13)11-7-5-4-6-8-11;;/h1-2,5-8,13-16,23-27H,3-4,9-12,17-20H2;5-8H,9-10H2,1-3H3;1H;/q;-1;;+2/t25-,26-;;;/m1.../s1. The fourth-order valence-electron chi connectivity index (χ4n) is 7.71. The minimum Gasteiger partial charge on any atom is -0.0622 e. The summed E-state index contributed by atoms with van der Waals surface area (Å²) in [4.78, 5) is 11.5. The summed E-state index contributed by atoms with van der Waals surface area (Å²) in [7, 11) is -1.45. The van der Waals surface area contributed by atoms with Crippen LogP contribution < -0.4 is 0 Å². The molecule has 0 bridgehead atoms. The average molecular weight is 799 g/mol. The number of esters is 1. The fraction of sp³-hybridized carbons (Fsp3) is 0.513. The van der Waals surface area contributed by atoms with Gasteiger partial charge in [0.2, 0.25) is 0 Å². The van der Waals surface area contributed by atoms with Gasteiger partial charge in [-0.3, -0.25) is 0 Å². The molecule has 6 heteroatoms. The van der Waals surface area contributed by atoms with Gasteiger partial charge in [-0.15, -0.1) is 0 Å². The van der Waals surface area contributed by atoms with E-state index in [4.69, 9.17) is 4.74 Å². The molecule has 3 aromatic carbocycles. The number of carbonyl (C=O) groups excluding carboxylic acids is 1. The van der Waals surface area contributed by atoms with E-state index in [0.717, 1.165) is 34.9 Å². The molecular formula is C39H53BrO2PPdSi+. The molecule has 0 aliphatic heterocycles. The van der Waals surface area contributed by atoms with E-state index in [0.29, 0.717) is 12.2 Å². The summed E-state index contributed by atoms with van der Waals surface area (Å²) in [6.45, 7) is 7.32. The normalized spacial score (nSPS) is 22.0. The van der Waals surface area contributed by atoms with E-state index in [-0.39, 0.29) is 13.9 Å². The third kappa shape index (κ3) is 11.3. The predicted molar refractivity (Wildman–Crippen MR) is 197 cm³/mol. The Morgan fingerprint density at radius 2 is 1.20 bits per heavy atom. The first-order chi connectivity index (χ1) is 21.9. The van der Waals surface area contributed by atoms with Crippen LogP contribution in [0.1, 0.15) is 97.5 Å². The Bertz CT molecular complexity index is 1180. The first kappa shape index (κ1) is 36.7. The Morgan fingerprint density at radius 1 is 0.756 bits per heavy atom. The molecule has 2 atom stereocenters. The monoisotopic (exact) mass is 797 g/mol. The quantitative estimate of drug-likeness (QED) is 0.0933. The van der Waals surface area contributed by atoms with E-state index in [2.05, 4.69) is 117 Å². The summed E-state index contributed by atoms with van der Waals surface area (Å²) >= 11 is 5.35. The summed E-state index contributed by atoms with van der Waals surface area (Å²) in [5.74, 6) is 1.35. The smallest absolute Gasteiger partial charge is 0.0622 e.